The van der Waals surface area contributed by atoms with Gasteiger partial charge in [-0.25, -0.2) is 4.90 Å². The van der Waals surface area contributed by atoms with Gasteiger partial charge in [0.15, 0.2) is 0 Å². The highest BCUT2D eigenvalue weighted by atomic mass is 35.5. The van der Waals surface area contributed by atoms with Gasteiger partial charge in [-0.15, -0.1) is 0 Å². The predicted octanol–water partition coefficient (Wildman–Crippen LogP) is 4.29. The Bertz CT molecular complexity index is 1170. The largest absolute Gasteiger partial charge is 0.426 e. The summed E-state index contributed by atoms with van der Waals surface area (Å²) in [6, 6.07) is 11.8. The number of aryl methyl sites for hydroxylation is 1. The molecule has 0 spiro atoms. The van der Waals surface area contributed by atoms with Crippen LogP contribution in [-0.2, 0) is 19.2 Å². The van der Waals surface area contributed by atoms with Crippen LogP contribution in [0.5, 0.6) is 5.75 Å². The zero-order valence-electron chi connectivity index (χ0n) is 18.8. The Hall–Kier alpha value is -3.19. The fraction of sp³-hybridized carbons (Fsp3) is 0.385. The molecule has 0 unspecified atom stereocenters. The molecule has 0 radical (unpaired) electrons. The first-order valence-corrected chi connectivity index (χ1v) is 12.0. The first kappa shape index (κ1) is 22.6. The van der Waals surface area contributed by atoms with Crippen LogP contribution in [0.1, 0.15) is 37.7 Å². The number of nitrogens with zero attached hydrogens (tertiary/aromatic N) is 2. The van der Waals surface area contributed by atoms with E-state index in [1.165, 1.54) is 9.80 Å². The zero-order valence-corrected chi connectivity index (χ0v) is 19.6. The minimum Gasteiger partial charge on any atom is -0.426 e. The van der Waals surface area contributed by atoms with E-state index in [-0.39, 0.29) is 48.3 Å². The fourth-order valence-electron chi connectivity index (χ4n) is 5.17. The number of carbonyl (C=O) groups excluding carboxylic acids is 4. The number of fused-ring (bicyclic) bond motifs is 1. The number of rotatable bonds is 4. The van der Waals surface area contributed by atoms with Gasteiger partial charge in [0.25, 0.3) is 0 Å². The number of ether oxygens (including phenoxy) is 1. The van der Waals surface area contributed by atoms with Crippen molar-refractivity contribution in [2.75, 3.05) is 16.3 Å². The topological polar surface area (TPSA) is 84.0 Å². The van der Waals surface area contributed by atoms with Gasteiger partial charge in [0.2, 0.25) is 17.7 Å². The van der Waals surface area contributed by atoms with Crippen LogP contribution in [0.2, 0.25) is 5.02 Å². The third-order valence-corrected chi connectivity index (χ3v) is 7.47. The lowest BCUT2D eigenvalue weighted by Crippen LogP contribution is -2.31. The van der Waals surface area contributed by atoms with Crippen molar-refractivity contribution in [3.05, 3.63) is 53.1 Å². The molecule has 7 nitrogen and oxygen atoms in total. The molecule has 5 rings (SSSR count). The minimum absolute atomic E-state index is 0.0382. The lowest BCUT2D eigenvalue weighted by Gasteiger charge is -2.19. The second kappa shape index (κ2) is 8.87. The van der Waals surface area contributed by atoms with E-state index in [4.69, 9.17) is 16.3 Å². The summed E-state index contributed by atoms with van der Waals surface area (Å²) in [6.07, 6.45) is 3.42. The summed E-state index contributed by atoms with van der Waals surface area (Å²) in [5.74, 6) is -1.95. The van der Waals surface area contributed by atoms with Crippen molar-refractivity contribution in [1.29, 1.82) is 0 Å². The number of anilines is 2. The van der Waals surface area contributed by atoms with Crippen LogP contribution in [0.4, 0.5) is 11.4 Å². The number of amides is 3. The molecule has 1 aliphatic carbocycles. The van der Waals surface area contributed by atoms with E-state index < -0.39 is 11.9 Å². The van der Waals surface area contributed by atoms with Gasteiger partial charge >= 0.3 is 5.97 Å². The Labute approximate surface area is 202 Å². The maximum atomic E-state index is 12.9. The monoisotopic (exact) mass is 480 g/mol. The molecule has 2 aromatic rings. The predicted molar refractivity (Wildman–Crippen MR) is 127 cm³/mol. The highest BCUT2D eigenvalue weighted by Crippen LogP contribution is 2.40. The number of benzene rings is 2. The smallest absolute Gasteiger partial charge is 0.316 e. The lowest BCUT2D eigenvalue weighted by atomic mass is 9.81. The van der Waals surface area contributed by atoms with Crippen LogP contribution < -0.4 is 14.5 Å². The van der Waals surface area contributed by atoms with Gasteiger partial charge < -0.3 is 9.64 Å². The highest BCUT2D eigenvalue weighted by molar-refractivity contribution is 6.31. The summed E-state index contributed by atoms with van der Waals surface area (Å²) in [4.78, 5) is 54.0. The molecular weight excluding hydrogens is 456 g/mol. The Balaban J connectivity index is 1.29. The van der Waals surface area contributed by atoms with Gasteiger partial charge in [0.1, 0.15) is 5.75 Å². The van der Waals surface area contributed by atoms with E-state index in [9.17, 15) is 19.2 Å². The number of imide groups is 1. The van der Waals surface area contributed by atoms with Gasteiger partial charge in [-0.05, 0) is 49.6 Å². The number of hydrogen-bond donors (Lipinski definition) is 0. The molecule has 34 heavy (non-hydrogen) atoms. The number of esters is 1. The Morgan fingerprint density at radius 3 is 2.35 bits per heavy atom. The van der Waals surface area contributed by atoms with Crippen LogP contribution in [0.3, 0.4) is 0 Å². The van der Waals surface area contributed by atoms with Crippen molar-refractivity contribution >= 4 is 46.7 Å². The van der Waals surface area contributed by atoms with Gasteiger partial charge in [0, 0.05) is 29.7 Å². The molecule has 3 fully saturated rings. The van der Waals surface area contributed by atoms with E-state index >= 15 is 0 Å². The first-order valence-electron chi connectivity index (χ1n) is 11.6. The molecule has 2 aromatic carbocycles. The van der Waals surface area contributed by atoms with E-state index in [0.29, 0.717) is 16.4 Å². The standard InChI is InChI=1S/C26H25ClN2O5/c1-15-9-10-17(13-22(15)27)28-14-16(11-23(28)30)26(33)34-19-6-4-5-18(12-19)29-24(31)20-7-2-3-8-21(20)25(29)32/h4-6,9-10,12-13,16,20-21H,2-3,7-8,11,14H2,1H3/t16-,20-,21+/m1/s1. The molecular formula is C26H25ClN2O5. The van der Waals surface area contributed by atoms with Gasteiger partial charge in [-0.1, -0.05) is 36.6 Å². The lowest BCUT2D eigenvalue weighted by molar-refractivity contribution is -0.139. The normalized spacial score (nSPS) is 24.5. The average molecular weight is 481 g/mol. The SMILES string of the molecule is Cc1ccc(N2C[C@H](C(=O)Oc3cccc(N4C(=O)[C@H]5CCCC[C@H]5C4=O)c3)CC2=O)cc1Cl. The molecule has 176 valence electrons. The molecule has 8 heteroatoms. The van der Waals surface area contributed by atoms with Crippen molar-refractivity contribution in [2.45, 2.75) is 39.0 Å². The van der Waals surface area contributed by atoms with Crippen LogP contribution >= 0.6 is 11.6 Å². The zero-order chi connectivity index (χ0) is 24.0. The molecule has 0 bridgehead atoms. The van der Waals surface area contributed by atoms with Gasteiger partial charge in [-0.3, -0.25) is 19.2 Å². The maximum absolute atomic E-state index is 12.9. The highest BCUT2D eigenvalue weighted by Gasteiger charge is 2.48. The third kappa shape index (κ3) is 3.98. The molecule has 2 heterocycles. The molecule has 2 saturated heterocycles. The molecule has 3 amide bonds. The molecule has 0 aromatic heterocycles. The Kier molecular flexibility index (Phi) is 5.90. The van der Waals surface area contributed by atoms with Crippen LogP contribution in [0.15, 0.2) is 42.5 Å². The van der Waals surface area contributed by atoms with Crippen molar-refractivity contribution in [3.8, 4) is 5.75 Å². The summed E-state index contributed by atoms with van der Waals surface area (Å²) in [7, 11) is 0. The molecule has 3 aliphatic rings. The third-order valence-electron chi connectivity index (χ3n) is 7.06. The average Bonchev–Trinajstić information content (AvgIpc) is 3.34. The van der Waals surface area contributed by atoms with Crippen molar-refractivity contribution in [1.82, 2.24) is 0 Å². The van der Waals surface area contributed by atoms with E-state index in [0.717, 1.165) is 31.2 Å². The molecule has 2 aliphatic heterocycles. The van der Waals surface area contributed by atoms with Crippen molar-refractivity contribution < 1.29 is 23.9 Å². The van der Waals surface area contributed by atoms with Crippen LogP contribution in [-0.4, -0.2) is 30.2 Å². The summed E-state index contributed by atoms with van der Waals surface area (Å²) >= 11 is 6.19. The quantitative estimate of drug-likeness (QED) is 0.370. The fourth-order valence-corrected chi connectivity index (χ4v) is 5.34. The molecule has 1 saturated carbocycles. The minimum atomic E-state index is -0.630. The Morgan fingerprint density at radius 2 is 1.68 bits per heavy atom. The van der Waals surface area contributed by atoms with Crippen LogP contribution in [0, 0.1) is 24.7 Å². The second-order valence-electron chi connectivity index (χ2n) is 9.27. The molecule has 0 N–H and O–H groups in total. The summed E-state index contributed by atoms with van der Waals surface area (Å²) in [5.41, 5.74) is 1.96. The van der Waals surface area contributed by atoms with Crippen molar-refractivity contribution in [2.24, 2.45) is 17.8 Å². The molecule has 3 atom stereocenters. The van der Waals surface area contributed by atoms with Crippen LogP contribution in [0.25, 0.3) is 0 Å². The summed E-state index contributed by atoms with van der Waals surface area (Å²) in [5, 5.41) is 0.555. The second-order valence-corrected chi connectivity index (χ2v) is 9.67. The van der Waals surface area contributed by atoms with E-state index in [1.807, 2.05) is 13.0 Å². The number of halogens is 1. The van der Waals surface area contributed by atoms with Crippen molar-refractivity contribution in [3.63, 3.8) is 0 Å². The number of carbonyl (C=O) groups is 4. The summed E-state index contributed by atoms with van der Waals surface area (Å²) in [6.45, 7) is 2.08. The maximum Gasteiger partial charge on any atom is 0.316 e. The van der Waals surface area contributed by atoms with E-state index in [1.54, 1.807) is 36.4 Å². The first-order chi connectivity index (χ1) is 16.3. The number of hydrogen-bond acceptors (Lipinski definition) is 5. The Morgan fingerprint density at radius 1 is 0.971 bits per heavy atom. The van der Waals surface area contributed by atoms with Gasteiger partial charge in [0.05, 0.1) is 23.4 Å². The summed E-state index contributed by atoms with van der Waals surface area (Å²) < 4.78 is 5.57. The van der Waals surface area contributed by atoms with Gasteiger partial charge in [-0.2, -0.15) is 0 Å². The van der Waals surface area contributed by atoms with E-state index in [2.05, 4.69) is 0 Å².